The normalized spacial score (nSPS) is 12.5. The molecule has 3 aromatic rings. The zero-order valence-electron chi connectivity index (χ0n) is 20.6. The second kappa shape index (κ2) is 10.6. The summed E-state index contributed by atoms with van der Waals surface area (Å²) in [6.45, 7) is 5.19. The van der Waals surface area contributed by atoms with Gasteiger partial charge in [-0.3, -0.25) is 13.8 Å². The highest BCUT2D eigenvalue weighted by Crippen LogP contribution is 2.28. The van der Waals surface area contributed by atoms with E-state index in [9.17, 15) is 21.6 Å². The molecule has 3 rings (SSSR count). The molecule has 1 amide bonds. The zero-order chi connectivity index (χ0) is 26.7. The minimum atomic E-state index is -3.93. The summed E-state index contributed by atoms with van der Waals surface area (Å²) in [6, 6.07) is 16.4. The number of anilines is 3. The van der Waals surface area contributed by atoms with Gasteiger partial charge in [-0.05, 0) is 74.9 Å². The van der Waals surface area contributed by atoms with Crippen LogP contribution in [0.25, 0.3) is 0 Å². The number of rotatable bonds is 9. The molecule has 0 fully saturated rings. The number of benzene rings is 3. The largest absolute Gasteiger partial charge is 0.495 e. The van der Waals surface area contributed by atoms with Crippen LogP contribution in [0.3, 0.4) is 0 Å². The molecular weight excluding hydrogens is 502 g/mol. The van der Waals surface area contributed by atoms with Gasteiger partial charge in [-0.1, -0.05) is 23.8 Å². The number of nitrogens with one attached hydrogen (secondary N) is 2. The average molecular weight is 532 g/mol. The molecule has 0 aliphatic rings. The zero-order valence-corrected chi connectivity index (χ0v) is 22.3. The van der Waals surface area contributed by atoms with Crippen LogP contribution in [-0.4, -0.2) is 42.2 Å². The van der Waals surface area contributed by atoms with E-state index >= 15 is 0 Å². The smallest absolute Gasteiger partial charge is 0.262 e. The van der Waals surface area contributed by atoms with Crippen molar-refractivity contribution in [3.05, 3.63) is 77.9 Å². The lowest BCUT2D eigenvalue weighted by Crippen LogP contribution is -2.45. The van der Waals surface area contributed by atoms with E-state index in [-0.39, 0.29) is 4.90 Å². The number of ether oxygens (including phenoxy) is 1. The summed E-state index contributed by atoms with van der Waals surface area (Å²) >= 11 is 0. The molecule has 0 spiro atoms. The van der Waals surface area contributed by atoms with Crippen molar-refractivity contribution in [3.8, 4) is 5.75 Å². The van der Waals surface area contributed by atoms with Crippen LogP contribution in [0.4, 0.5) is 17.1 Å². The summed E-state index contributed by atoms with van der Waals surface area (Å²) in [5, 5.41) is 2.65. The molecule has 1 atom stereocenters. The fraction of sp³-hybridized carbons (Fsp3) is 0.240. The molecule has 0 aliphatic carbocycles. The monoisotopic (exact) mass is 531 g/mol. The summed E-state index contributed by atoms with van der Waals surface area (Å²) in [5.41, 5.74) is 2.80. The van der Waals surface area contributed by atoms with Crippen molar-refractivity contribution < 1.29 is 26.4 Å². The van der Waals surface area contributed by atoms with E-state index in [4.69, 9.17) is 4.74 Å². The number of methoxy groups -OCH3 is 1. The quantitative estimate of drug-likeness (QED) is 0.432. The first kappa shape index (κ1) is 27.0. The SMILES string of the molecule is COc1ccc(C)cc1NS(=O)(=O)c1ccc(NC(=O)[C@H](C)N(c2ccc(C)cc2)S(C)(=O)=O)cc1. The van der Waals surface area contributed by atoms with Gasteiger partial charge in [0.1, 0.15) is 11.8 Å². The van der Waals surface area contributed by atoms with Gasteiger partial charge in [0, 0.05) is 5.69 Å². The van der Waals surface area contributed by atoms with Gasteiger partial charge in [0.15, 0.2) is 0 Å². The lowest BCUT2D eigenvalue weighted by atomic mass is 10.2. The summed E-state index contributed by atoms with van der Waals surface area (Å²) < 4.78 is 59.4. The maximum atomic E-state index is 12.9. The van der Waals surface area contributed by atoms with Crippen molar-refractivity contribution >= 4 is 43.0 Å². The van der Waals surface area contributed by atoms with E-state index in [0.717, 1.165) is 21.7 Å². The van der Waals surface area contributed by atoms with Gasteiger partial charge in [-0.15, -0.1) is 0 Å². The van der Waals surface area contributed by atoms with E-state index < -0.39 is 32.0 Å². The number of hydrogen-bond donors (Lipinski definition) is 2. The Morgan fingerprint density at radius 2 is 1.47 bits per heavy atom. The van der Waals surface area contributed by atoms with Crippen molar-refractivity contribution in [2.75, 3.05) is 27.7 Å². The lowest BCUT2D eigenvalue weighted by Gasteiger charge is -2.28. The fourth-order valence-electron chi connectivity index (χ4n) is 3.57. The van der Waals surface area contributed by atoms with Crippen molar-refractivity contribution in [2.24, 2.45) is 0 Å². The van der Waals surface area contributed by atoms with Crippen molar-refractivity contribution in [2.45, 2.75) is 31.7 Å². The van der Waals surface area contributed by atoms with Crippen LogP contribution in [0.15, 0.2) is 71.6 Å². The molecule has 9 nitrogen and oxygen atoms in total. The average Bonchev–Trinajstić information content (AvgIpc) is 2.80. The van der Waals surface area contributed by atoms with Crippen LogP contribution >= 0.6 is 0 Å². The van der Waals surface area contributed by atoms with Gasteiger partial charge in [0.25, 0.3) is 10.0 Å². The number of hydrogen-bond acceptors (Lipinski definition) is 6. The van der Waals surface area contributed by atoms with Crippen LogP contribution < -0.4 is 19.1 Å². The second-order valence-electron chi connectivity index (χ2n) is 8.39. The van der Waals surface area contributed by atoms with E-state index in [0.29, 0.717) is 22.8 Å². The fourth-order valence-corrected chi connectivity index (χ4v) is 5.81. The maximum Gasteiger partial charge on any atom is 0.262 e. The van der Waals surface area contributed by atoms with Crippen LogP contribution in [0.5, 0.6) is 5.75 Å². The molecule has 0 bridgehead atoms. The van der Waals surface area contributed by atoms with Gasteiger partial charge in [-0.25, -0.2) is 16.8 Å². The van der Waals surface area contributed by atoms with E-state index in [2.05, 4.69) is 10.0 Å². The van der Waals surface area contributed by atoms with Crippen LogP contribution in [0.1, 0.15) is 18.1 Å². The Morgan fingerprint density at radius 3 is 2.03 bits per heavy atom. The van der Waals surface area contributed by atoms with E-state index in [1.54, 1.807) is 42.5 Å². The third-order valence-electron chi connectivity index (χ3n) is 5.41. The molecule has 0 heterocycles. The Bertz CT molecular complexity index is 1450. The number of aryl methyl sites for hydroxylation is 2. The van der Waals surface area contributed by atoms with Gasteiger partial charge >= 0.3 is 0 Å². The third-order valence-corrected chi connectivity index (χ3v) is 8.03. The minimum Gasteiger partial charge on any atom is -0.495 e. The number of carbonyl (C=O) groups excluding carboxylic acids is 1. The Kier molecular flexibility index (Phi) is 7.95. The summed E-state index contributed by atoms with van der Waals surface area (Å²) in [4.78, 5) is 12.9. The van der Waals surface area contributed by atoms with Crippen LogP contribution in [0.2, 0.25) is 0 Å². The Morgan fingerprint density at radius 1 is 0.889 bits per heavy atom. The molecule has 192 valence electrons. The molecule has 0 radical (unpaired) electrons. The Hall–Kier alpha value is -3.57. The van der Waals surface area contributed by atoms with Crippen LogP contribution in [0, 0.1) is 13.8 Å². The second-order valence-corrected chi connectivity index (χ2v) is 11.9. The van der Waals surface area contributed by atoms with Gasteiger partial charge in [0.05, 0.1) is 29.6 Å². The summed E-state index contributed by atoms with van der Waals surface area (Å²) in [6.07, 6.45) is 1.03. The molecule has 2 N–H and O–H groups in total. The minimum absolute atomic E-state index is 0.0190. The van der Waals surface area contributed by atoms with Crippen molar-refractivity contribution in [1.82, 2.24) is 0 Å². The molecule has 0 saturated heterocycles. The van der Waals surface area contributed by atoms with E-state index in [1.807, 2.05) is 13.8 Å². The number of nitrogens with zero attached hydrogens (tertiary/aromatic N) is 1. The van der Waals surface area contributed by atoms with Crippen molar-refractivity contribution in [1.29, 1.82) is 0 Å². The topological polar surface area (TPSA) is 122 Å². The lowest BCUT2D eigenvalue weighted by molar-refractivity contribution is -0.116. The first-order valence-electron chi connectivity index (χ1n) is 11.0. The first-order valence-corrected chi connectivity index (χ1v) is 14.3. The highest BCUT2D eigenvalue weighted by Gasteiger charge is 2.29. The molecular formula is C25H29N3O6S2. The molecule has 11 heteroatoms. The highest BCUT2D eigenvalue weighted by molar-refractivity contribution is 7.92. The predicted molar refractivity (Wildman–Crippen MR) is 142 cm³/mol. The Balaban J connectivity index is 1.78. The van der Waals surface area contributed by atoms with Gasteiger partial charge < -0.3 is 10.1 Å². The van der Waals surface area contributed by atoms with Gasteiger partial charge in [0.2, 0.25) is 15.9 Å². The first-order chi connectivity index (χ1) is 16.8. The molecule has 3 aromatic carbocycles. The predicted octanol–water partition coefficient (Wildman–Crippen LogP) is 3.91. The number of sulfonamides is 2. The maximum absolute atomic E-state index is 12.9. The molecule has 0 aromatic heterocycles. The van der Waals surface area contributed by atoms with Crippen LogP contribution in [-0.2, 0) is 24.8 Å². The summed E-state index contributed by atoms with van der Waals surface area (Å²) in [7, 11) is -6.24. The van der Waals surface area contributed by atoms with E-state index in [1.165, 1.54) is 38.3 Å². The molecule has 36 heavy (non-hydrogen) atoms. The molecule has 0 saturated carbocycles. The number of carbonyl (C=O) groups is 1. The molecule has 0 aliphatic heterocycles. The third kappa shape index (κ3) is 6.35. The van der Waals surface area contributed by atoms with Crippen molar-refractivity contribution in [3.63, 3.8) is 0 Å². The van der Waals surface area contributed by atoms with Gasteiger partial charge in [-0.2, -0.15) is 0 Å². The standard InChI is InChI=1S/C25H29N3O6S2/c1-17-6-11-21(12-7-17)28(35(5,30)31)19(3)25(29)26-20-9-13-22(14-10-20)36(32,33)27-23-16-18(2)8-15-24(23)34-4/h6-16,19,27H,1-5H3,(H,26,29)/t19-/m0/s1. The number of amides is 1. The highest BCUT2D eigenvalue weighted by atomic mass is 32.2. The Labute approximate surface area is 212 Å². The summed E-state index contributed by atoms with van der Waals surface area (Å²) in [5.74, 6) is -0.190. The molecule has 0 unspecified atom stereocenters.